The third-order valence-corrected chi connectivity index (χ3v) is 3.60. The summed E-state index contributed by atoms with van der Waals surface area (Å²) in [5, 5.41) is 3.26. The van der Waals surface area contributed by atoms with Crippen molar-refractivity contribution in [3.63, 3.8) is 0 Å². The van der Waals surface area contributed by atoms with Crippen LogP contribution in [0.15, 0.2) is 42.5 Å². The fourth-order valence-corrected chi connectivity index (χ4v) is 2.26. The molecule has 1 fully saturated rings. The first kappa shape index (κ1) is 14.1. The van der Waals surface area contributed by atoms with Gasteiger partial charge < -0.3 is 10.1 Å². The summed E-state index contributed by atoms with van der Waals surface area (Å²) in [6.07, 6.45) is 2.67. The Morgan fingerprint density at radius 1 is 1.14 bits per heavy atom. The Bertz CT molecular complexity index is 605. The van der Waals surface area contributed by atoms with Gasteiger partial charge >= 0.3 is 0 Å². The second-order valence-corrected chi connectivity index (χ2v) is 5.44. The number of nitrogens with one attached hydrogen (secondary N) is 1. The van der Waals surface area contributed by atoms with Gasteiger partial charge in [-0.25, -0.2) is 4.39 Å². The van der Waals surface area contributed by atoms with E-state index in [0.717, 1.165) is 42.8 Å². The Kier molecular flexibility index (Phi) is 4.20. The first-order valence-electron chi connectivity index (χ1n) is 7.52. The molecule has 0 aromatic heterocycles. The van der Waals surface area contributed by atoms with Crippen LogP contribution in [-0.4, -0.2) is 12.6 Å². The van der Waals surface area contributed by atoms with Crippen LogP contribution in [0.2, 0.25) is 0 Å². The summed E-state index contributed by atoms with van der Waals surface area (Å²) in [4.78, 5) is 0. The molecule has 110 valence electrons. The minimum Gasteiger partial charge on any atom is -0.490 e. The van der Waals surface area contributed by atoms with Crippen molar-refractivity contribution in [1.29, 1.82) is 0 Å². The van der Waals surface area contributed by atoms with Gasteiger partial charge in [-0.3, -0.25) is 0 Å². The van der Waals surface area contributed by atoms with E-state index in [1.165, 1.54) is 6.07 Å². The summed E-state index contributed by atoms with van der Waals surface area (Å²) in [5.41, 5.74) is 2.61. The van der Waals surface area contributed by atoms with Gasteiger partial charge in [0.2, 0.25) is 0 Å². The van der Waals surface area contributed by atoms with Gasteiger partial charge in [-0.1, -0.05) is 25.1 Å². The Hall–Kier alpha value is -1.87. The predicted octanol–water partition coefficient (Wildman–Crippen LogP) is 4.14. The highest BCUT2D eigenvalue weighted by Gasteiger charge is 2.23. The van der Waals surface area contributed by atoms with Crippen molar-refractivity contribution in [1.82, 2.24) is 5.32 Å². The van der Waals surface area contributed by atoms with Gasteiger partial charge in [0.05, 0.1) is 6.10 Å². The van der Waals surface area contributed by atoms with Gasteiger partial charge in [-0.15, -0.1) is 0 Å². The first-order valence-corrected chi connectivity index (χ1v) is 7.52. The zero-order chi connectivity index (χ0) is 14.7. The Labute approximate surface area is 125 Å². The smallest absolute Gasteiger partial charge is 0.131 e. The van der Waals surface area contributed by atoms with E-state index < -0.39 is 0 Å². The SMILES string of the molecule is CCNCc1ccc(F)c(-c2ccc(OC3CC3)cc2)c1. The molecule has 1 aliphatic carbocycles. The van der Waals surface area contributed by atoms with Crippen molar-refractivity contribution in [2.75, 3.05) is 6.54 Å². The van der Waals surface area contributed by atoms with Crippen LogP contribution in [0.3, 0.4) is 0 Å². The highest BCUT2D eigenvalue weighted by atomic mass is 19.1. The maximum Gasteiger partial charge on any atom is 0.131 e. The lowest BCUT2D eigenvalue weighted by Crippen LogP contribution is -2.11. The van der Waals surface area contributed by atoms with Crippen LogP contribution in [0.5, 0.6) is 5.75 Å². The second-order valence-electron chi connectivity index (χ2n) is 5.44. The van der Waals surface area contributed by atoms with E-state index in [0.29, 0.717) is 11.7 Å². The standard InChI is InChI=1S/C18H20FNO/c1-2-20-12-13-3-10-18(19)17(11-13)14-4-6-15(7-5-14)21-16-8-9-16/h3-7,10-11,16,20H,2,8-9,12H2,1H3. The van der Waals surface area contributed by atoms with Crippen LogP contribution in [0.25, 0.3) is 11.1 Å². The molecule has 0 atom stereocenters. The van der Waals surface area contributed by atoms with Crippen LogP contribution in [0.1, 0.15) is 25.3 Å². The normalized spacial score (nSPS) is 14.2. The fraction of sp³-hybridized carbons (Fsp3) is 0.333. The van der Waals surface area contributed by atoms with Crippen LogP contribution >= 0.6 is 0 Å². The van der Waals surface area contributed by atoms with Crippen LogP contribution < -0.4 is 10.1 Å². The molecule has 1 saturated carbocycles. The quantitative estimate of drug-likeness (QED) is 0.861. The third kappa shape index (κ3) is 3.61. The van der Waals surface area contributed by atoms with Gasteiger partial charge in [0.1, 0.15) is 11.6 Å². The topological polar surface area (TPSA) is 21.3 Å². The predicted molar refractivity (Wildman–Crippen MR) is 82.9 cm³/mol. The summed E-state index contributed by atoms with van der Waals surface area (Å²) in [7, 11) is 0. The van der Waals surface area contributed by atoms with Gasteiger partial charge in [-0.2, -0.15) is 0 Å². The number of ether oxygens (including phenoxy) is 1. The lowest BCUT2D eigenvalue weighted by molar-refractivity contribution is 0.303. The molecule has 0 aliphatic heterocycles. The van der Waals surface area contributed by atoms with E-state index in [1.54, 1.807) is 0 Å². The Morgan fingerprint density at radius 3 is 2.57 bits per heavy atom. The maximum absolute atomic E-state index is 14.0. The average Bonchev–Trinajstić information content (AvgIpc) is 3.31. The zero-order valence-electron chi connectivity index (χ0n) is 12.2. The van der Waals surface area contributed by atoms with Crippen molar-refractivity contribution >= 4 is 0 Å². The minimum absolute atomic E-state index is 0.189. The molecule has 0 unspecified atom stereocenters. The van der Waals surface area contributed by atoms with E-state index in [2.05, 4.69) is 12.2 Å². The Balaban J connectivity index is 1.80. The van der Waals surface area contributed by atoms with Crippen molar-refractivity contribution in [2.45, 2.75) is 32.4 Å². The monoisotopic (exact) mass is 285 g/mol. The lowest BCUT2D eigenvalue weighted by Gasteiger charge is -2.09. The molecule has 21 heavy (non-hydrogen) atoms. The summed E-state index contributed by atoms with van der Waals surface area (Å²) in [5.74, 6) is 0.677. The summed E-state index contributed by atoms with van der Waals surface area (Å²) >= 11 is 0. The average molecular weight is 285 g/mol. The summed E-state index contributed by atoms with van der Waals surface area (Å²) < 4.78 is 19.8. The van der Waals surface area contributed by atoms with Crippen LogP contribution in [0, 0.1) is 5.82 Å². The lowest BCUT2D eigenvalue weighted by atomic mass is 10.0. The zero-order valence-corrected chi connectivity index (χ0v) is 12.2. The van der Waals surface area contributed by atoms with Crippen molar-refractivity contribution < 1.29 is 9.13 Å². The van der Waals surface area contributed by atoms with Gasteiger partial charge in [-0.05, 0) is 54.8 Å². The molecule has 0 heterocycles. The van der Waals surface area contributed by atoms with Gasteiger partial charge in [0.15, 0.2) is 0 Å². The highest BCUT2D eigenvalue weighted by Crippen LogP contribution is 2.30. The third-order valence-electron chi connectivity index (χ3n) is 3.60. The molecule has 0 saturated heterocycles. The molecular formula is C18H20FNO. The van der Waals surface area contributed by atoms with Crippen LogP contribution in [0.4, 0.5) is 4.39 Å². The minimum atomic E-state index is -0.189. The molecule has 2 aromatic rings. The second kappa shape index (κ2) is 6.27. The van der Waals surface area contributed by atoms with Crippen LogP contribution in [-0.2, 0) is 6.54 Å². The molecule has 3 rings (SSSR count). The molecule has 0 radical (unpaired) electrons. The summed E-state index contributed by atoms with van der Waals surface area (Å²) in [6.45, 7) is 3.72. The van der Waals surface area contributed by atoms with Crippen molar-refractivity contribution in [2.24, 2.45) is 0 Å². The molecular weight excluding hydrogens is 265 g/mol. The van der Waals surface area contributed by atoms with Crippen molar-refractivity contribution in [3.8, 4) is 16.9 Å². The number of hydrogen-bond donors (Lipinski definition) is 1. The number of hydrogen-bond acceptors (Lipinski definition) is 2. The number of benzene rings is 2. The van der Waals surface area contributed by atoms with Crippen molar-refractivity contribution in [3.05, 3.63) is 53.8 Å². The molecule has 0 spiro atoms. The Morgan fingerprint density at radius 2 is 1.90 bits per heavy atom. The van der Waals surface area contributed by atoms with E-state index in [1.807, 2.05) is 36.4 Å². The molecule has 3 heteroatoms. The highest BCUT2D eigenvalue weighted by molar-refractivity contribution is 5.65. The molecule has 1 aliphatic rings. The number of halogens is 1. The van der Waals surface area contributed by atoms with Gasteiger partial charge in [0, 0.05) is 12.1 Å². The first-order chi connectivity index (χ1) is 10.3. The van der Waals surface area contributed by atoms with E-state index >= 15 is 0 Å². The maximum atomic E-state index is 14.0. The fourth-order valence-electron chi connectivity index (χ4n) is 2.26. The van der Waals surface area contributed by atoms with E-state index in [9.17, 15) is 4.39 Å². The number of rotatable bonds is 6. The van der Waals surface area contributed by atoms with E-state index in [4.69, 9.17) is 4.74 Å². The molecule has 2 aromatic carbocycles. The molecule has 1 N–H and O–H groups in total. The molecule has 0 bridgehead atoms. The van der Waals surface area contributed by atoms with Gasteiger partial charge in [0.25, 0.3) is 0 Å². The van der Waals surface area contributed by atoms with E-state index in [-0.39, 0.29) is 5.82 Å². The molecule has 0 amide bonds. The molecule has 2 nitrogen and oxygen atoms in total. The summed E-state index contributed by atoms with van der Waals surface area (Å²) in [6, 6.07) is 13.0. The largest absolute Gasteiger partial charge is 0.490 e.